The molecule has 0 spiro atoms. The molecule has 3 rings (SSSR count). The van der Waals surface area contributed by atoms with Crippen molar-refractivity contribution in [2.45, 2.75) is 25.9 Å². The van der Waals surface area contributed by atoms with E-state index in [1.807, 2.05) is 31.2 Å². The first-order chi connectivity index (χ1) is 9.78. The summed E-state index contributed by atoms with van der Waals surface area (Å²) in [6, 6.07) is 7.69. The summed E-state index contributed by atoms with van der Waals surface area (Å²) in [7, 11) is 0. The zero-order valence-corrected chi connectivity index (χ0v) is 11.3. The Kier molecular flexibility index (Phi) is 3.52. The molecule has 1 atom stereocenters. The summed E-state index contributed by atoms with van der Waals surface area (Å²) in [5.74, 6) is 1.48. The van der Waals surface area contributed by atoms with Gasteiger partial charge in [0.15, 0.2) is 0 Å². The number of nitrogens with one attached hydrogen (secondary N) is 1. The van der Waals surface area contributed by atoms with Crippen LogP contribution in [-0.2, 0) is 6.42 Å². The van der Waals surface area contributed by atoms with Crippen LogP contribution in [0.5, 0.6) is 5.75 Å². The lowest BCUT2D eigenvalue weighted by Crippen LogP contribution is -2.03. The Labute approximate surface area is 117 Å². The number of ether oxygens (including phenoxy) is 1. The van der Waals surface area contributed by atoms with Crippen LogP contribution in [0.2, 0.25) is 0 Å². The van der Waals surface area contributed by atoms with Crippen LogP contribution >= 0.6 is 0 Å². The summed E-state index contributed by atoms with van der Waals surface area (Å²) in [5, 5.41) is 13.3. The molecule has 20 heavy (non-hydrogen) atoms. The minimum absolute atomic E-state index is 0.483. The maximum Gasteiger partial charge on any atom is 0.139 e. The highest BCUT2D eigenvalue weighted by Crippen LogP contribution is 2.35. The van der Waals surface area contributed by atoms with Crippen molar-refractivity contribution < 1.29 is 9.84 Å². The second-order valence-corrected chi connectivity index (χ2v) is 4.72. The third-order valence-electron chi connectivity index (χ3n) is 3.36. The Morgan fingerprint density at radius 1 is 1.40 bits per heavy atom. The van der Waals surface area contributed by atoms with Gasteiger partial charge in [-0.1, -0.05) is 6.07 Å². The predicted octanol–water partition coefficient (Wildman–Crippen LogP) is 2.60. The third kappa shape index (κ3) is 2.44. The lowest BCUT2D eigenvalue weighted by molar-refractivity contribution is 0.180. The second-order valence-electron chi connectivity index (χ2n) is 4.72. The first-order valence-electron chi connectivity index (χ1n) is 6.79. The number of fused-ring (bicyclic) bond motifs is 1. The van der Waals surface area contributed by atoms with Gasteiger partial charge in [-0.3, -0.25) is 0 Å². The first kappa shape index (κ1) is 12.9. The van der Waals surface area contributed by atoms with E-state index in [9.17, 15) is 5.11 Å². The lowest BCUT2D eigenvalue weighted by atomic mass is 10.2. The van der Waals surface area contributed by atoms with Crippen molar-refractivity contribution in [1.82, 2.24) is 9.97 Å². The van der Waals surface area contributed by atoms with Gasteiger partial charge in [0.05, 0.1) is 18.4 Å². The molecule has 5 heteroatoms. The van der Waals surface area contributed by atoms with Gasteiger partial charge in [-0.2, -0.15) is 0 Å². The van der Waals surface area contributed by atoms with Crippen molar-refractivity contribution in [2.24, 2.45) is 0 Å². The fourth-order valence-electron chi connectivity index (χ4n) is 2.47. The molecule has 1 aliphatic carbocycles. The zero-order chi connectivity index (χ0) is 13.9. The lowest BCUT2D eigenvalue weighted by Gasteiger charge is -2.12. The molecule has 0 fully saturated rings. The molecule has 0 bridgehead atoms. The molecule has 104 valence electrons. The topological polar surface area (TPSA) is 67.3 Å². The summed E-state index contributed by atoms with van der Waals surface area (Å²) < 4.78 is 5.48. The first-order valence-corrected chi connectivity index (χ1v) is 6.79. The van der Waals surface area contributed by atoms with Crippen molar-refractivity contribution in [3.63, 3.8) is 0 Å². The molecule has 5 nitrogen and oxygen atoms in total. The highest BCUT2D eigenvalue weighted by molar-refractivity contribution is 5.62. The van der Waals surface area contributed by atoms with E-state index in [4.69, 9.17) is 4.74 Å². The van der Waals surface area contributed by atoms with Crippen LogP contribution in [0.25, 0.3) is 0 Å². The molecule has 0 radical (unpaired) electrons. The van der Waals surface area contributed by atoms with Crippen LogP contribution in [0.1, 0.15) is 30.7 Å². The molecular formula is C15H17N3O2. The number of nitrogens with zero attached hydrogens (tertiary/aromatic N) is 2. The Balaban J connectivity index is 1.89. The molecule has 2 N–H and O–H groups in total. The molecule has 0 amide bonds. The number of hydrogen-bond donors (Lipinski definition) is 2. The smallest absolute Gasteiger partial charge is 0.139 e. The number of aryl methyl sites for hydroxylation is 1. The van der Waals surface area contributed by atoms with Gasteiger partial charge in [0.2, 0.25) is 0 Å². The quantitative estimate of drug-likeness (QED) is 0.894. The number of benzene rings is 1. The molecule has 1 aromatic heterocycles. The van der Waals surface area contributed by atoms with Gasteiger partial charge in [-0.05, 0) is 31.9 Å². The average molecular weight is 271 g/mol. The highest BCUT2D eigenvalue weighted by Gasteiger charge is 2.25. The summed E-state index contributed by atoms with van der Waals surface area (Å²) >= 11 is 0. The molecule has 0 aliphatic heterocycles. The van der Waals surface area contributed by atoms with Gasteiger partial charge in [0.1, 0.15) is 17.9 Å². The van der Waals surface area contributed by atoms with Crippen molar-refractivity contribution in [1.29, 1.82) is 0 Å². The van der Waals surface area contributed by atoms with Gasteiger partial charge in [0, 0.05) is 17.3 Å². The van der Waals surface area contributed by atoms with E-state index in [1.165, 1.54) is 6.33 Å². The molecule has 1 aliphatic rings. The van der Waals surface area contributed by atoms with E-state index >= 15 is 0 Å². The fourth-order valence-corrected chi connectivity index (χ4v) is 2.47. The average Bonchev–Trinajstić information content (AvgIpc) is 2.83. The molecule has 0 saturated carbocycles. The summed E-state index contributed by atoms with van der Waals surface area (Å²) in [5.41, 5.74) is 2.63. The van der Waals surface area contributed by atoms with Gasteiger partial charge in [-0.15, -0.1) is 0 Å². The molecule has 1 heterocycles. The number of aliphatic hydroxyl groups excluding tert-OH is 1. The second kappa shape index (κ2) is 5.46. The number of hydrogen-bond acceptors (Lipinski definition) is 5. The van der Waals surface area contributed by atoms with Crippen LogP contribution in [0.4, 0.5) is 11.5 Å². The van der Waals surface area contributed by atoms with Crippen molar-refractivity contribution >= 4 is 11.5 Å². The number of aromatic nitrogens is 2. The van der Waals surface area contributed by atoms with Crippen molar-refractivity contribution in [2.75, 3.05) is 11.9 Å². The highest BCUT2D eigenvalue weighted by atomic mass is 16.5. The van der Waals surface area contributed by atoms with Crippen molar-refractivity contribution in [3.05, 3.63) is 41.9 Å². The SMILES string of the molecule is CCOc1cccc(Nc2ncnc3c2C(O)CC3)c1. The minimum atomic E-state index is -0.483. The number of anilines is 2. The van der Waals surface area contributed by atoms with Gasteiger partial charge < -0.3 is 15.2 Å². The van der Waals surface area contributed by atoms with Crippen LogP contribution in [-0.4, -0.2) is 21.7 Å². The minimum Gasteiger partial charge on any atom is -0.494 e. The van der Waals surface area contributed by atoms with Gasteiger partial charge in [-0.25, -0.2) is 9.97 Å². The molecular weight excluding hydrogens is 254 g/mol. The van der Waals surface area contributed by atoms with Crippen LogP contribution < -0.4 is 10.1 Å². The van der Waals surface area contributed by atoms with E-state index in [-0.39, 0.29) is 0 Å². The van der Waals surface area contributed by atoms with Crippen LogP contribution in [0.15, 0.2) is 30.6 Å². The summed E-state index contributed by atoms with van der Waals surface area (Å²) in [6.07, 6.45) is 2.56. The number of aliphatic hydroxyl groups is 1. The van der Waals surface area contributed by atoms with Crippen LogP contribution in [0, 0.1) is 0 Å². The monoisotopic (exact) mass is 271 g/mol. The summed E-state index contributed by atoms with van der Waals surface area (Å²) in [4.78, 5) is 8.47. The molecule has 1 unspecified atom stereocenters. The van der Waals surface area contributed by atoms with Crippen molar-refractivity contribution in [3.8, 4) is 5.75 Å². The van der Waals surface area contributed by atoms with Gasteiger partial charge in [0.25, 0.3) is 0 Å². The molecule has 2 aromatic rings. The standard InChI is InChI=1S/C15H17N3O2/c1-2-20-11-5-3-4-10(8-11)18-15-14-12(16-9-17-15)6-7-13(14)19/h3-5,8-9,13,19H,2,6-7H2,1H3,(H,16,17,18). The van der Waals surface area contributed by atoms with E-state index in [2.05, 4.69) is 15.3 Å². The van der Waals surface area contributed by atoms with Gasteiger partial charge >= 0.3 is 0 Å². The fraction of sp³-hybridized carbons (Fsp3) is 0.333. The van der Waals surface area contributed by atoms with E-state index in [0.29, 0.717) is 18.8 Å². The maximum absolute atomic E-state index is 10.0. The maximum atomic E-state index is 10.0. The Morgan fingerprint density at radius 2 is 2.30 bits per heavy atom. The normalized spacial score (nSPS) is 16.8. The summed E-state index contributed by atoms with van der Waals surface area (Å²) in [6.45, 7) is 2.58. The van der Waals surface area contributed by atoms with E-state index in [1.54, 1.807) is 0 Å². The Hall–Kier alpha value is -2.14. The van der Waals surface area contributed by atoms with E-state index in [0.717, 1.165) is 29.1 Å². The predicted molar refractivity (Wildman–Crippen MR) is 76.2 cm³/mol. The molecule has 0 saturated heterocycles. The molecule has 1 aromatic carbocycles. The largest absolute Gasteiger partial charge is 0.494 e. The zero-order valence-electron chi connectivity index (χ0n) is 11.3. The van der Waals surface area contributed by atoms with Crippen LogP contribution in [0.3, 0.4) is 0 Å². The Morgan fingerprint density at radius 3 is 3.15 bits per heavy atom. The third-order valence-corrected chi connectivity index (χ3v) is 3.36. The number of rotatable bonds is 4. The Bertz CT molecular complexity index is 616. The van der Waals surface area contributed by atoms with E-state index < -0.39 is 6.10 Å².